The van der Waals surface area contributed by atoms with E-state index in [1.54, 1.807) is 42.2 Å². The monoisotopic (exact) mass is 588 g/mol. The lowest BCUT2D eigenvalue weighted by atomic mass is 10.1. The lowest BCUT2D eigenvalue weighted by molar-refractivity contribution is -0.134. The van der Waals surface area contributed by atoms with Gasteiger partial charge in [-0.3, -0.25) is 9.59 Å². The van der Waals surface area contributed by atoms with E-state index in [0.717, 1.165) is 18.9 Å². The second-order valence-electron chi connectivity index (χ2n) is 12.3. The summed E-state index contributed by atoms with van der Waals surface area (Å²) in [5, 5.41) is -0.0134. The van der Waals surface area contributed by atoms with Gasteiger partial charge in [-0.15, -0.1) is 0 Å². The maximum atomic E-state index is 15.9. The van der Waals surface area contributed by atoms with Crippen LogP contribution in [0.4, 0.5) is 14.9 Å². The van der Waals surface area contributed by atoms with Crippen molar-refractivity contribution >= 4 is 34.6 Å². The lowest BCUT2D eigenvalue weighted by Gasteiger charge is -2.41. The molecule has 2 amide bonds. The number of amides is 2. The maximum Gasteiger partial charge on any atom is 0.410 e. The number of pyridine rings is 1. The van der Waals surface area contributed by atoms with E-state index in [2.05, 4.69) is 0 Å². The Morgan fingerprint density at radius 2 is 1.83 bits per heavy atom. The van der Waals surface area contributed by atoms with Crippen LogP contribution in [-0.2, 0) is 14.3 Å². The van der Waals surface area contributed by atoms with Gasteiger partial charge in [0.25, 0.3) is 5.91 Å². The predicted octanol–water partition coefficient (Wildman–Crippen LogP) is 3.95. The van der Waals surface area contributed by atoms with Crippen molar-refractivity contribution in [1.29, 1.82) is 0 Å². The molecule has 1 aliphatic carbocycles. The summed E-state index contributed by atoms with van der Waals surface area (Å²) in [6, 6.07) is 0.752. The van der Waals surface area contributed by atoms with E-state index < -0.39 is 41.4 Å². The molecule has 1 unspecified atom stereocenters. The molecule has 0 spiro atoms. The van der Waals surface area contributed by atoms with Gasteiger partial charge in [0.05, 0.1) is 18.0 Å². The highest BCUT2D eigenvalue weighted by molar-refractivity contribution is 5.98. The Bertz CT molecular complexity index is 1440. The minimum atomic E-state index is -0.947. The molecule has 42 heavy (non-hydrogen) atoms. The zero-order valence-electron chi connectivity index (χ0n) is 25.7. The van der Waals surface area contributed by atoms with Gasteiger partial charge in [-0.2, -0.15) is 0 Å². The Morgan fingerprint density at radius 3 is 2.38 bits per heavy atom. The molecule has 2 aliphatic rings. The number of fused-ring (bicyclic) bond motifs is 1. The fourth-order valence-electron chi connectivity index (χ4n) is 5.06. The summed E-state index contributed by atoms with van der Waals surface area (Å²) in [6.07, 6.45) is 2.62. The molecule has 1 saturated heterocycles. The summed E-state index contributed by atoms with van der Waals surface area (Å²) < 4.78 is 34.2. The van der Waals surface area contributed by atoms with Gasteiger partial charge in [-0.05, 0) is 60.5 Å². The van der Waals surface area contributed by atoms with Crippen LogP contribution in [0.2, 0.25) is 0 Å². The number of anilines is 1. The highest BCUT2D eigenvalue weighted by Gasteiger charge is 2.35. The number of benzene rings is 1. The number of piperazine rings is 1. The van der Waals surface area contributed by atoms with E-state index in [-0.39, 0.29) is 40.5 Å². The molecule has 0 radical (unpaired) electrons. The second-order valence-corrected chi connectivity index (χ2v) is 12.3. The van der Waals surface area contributed by atoms with Crippen LogP contribution >= 0.6 is 0 Å². The van der Waals surface area contributed by atoms with Crippen molar-refractivity contribution in [3.63, 3.8) is 0 Å². The van der Waals surface area contributed by atoms with Crippen LogP contribution in [-0.4, -0.2) is 90.4 Å². The SMILES string of the molecule is COc1c(N2CCN(C(=O)OC(C)(C)C)C(C)C2)c(F)cc2c(=O)c(C(=O)OCC(=O)N(C)C(C)C)cn(C3CC3)c12. The third-order valence-electron chi connectivity index (χ3n) is 7.63. The molecule has 11 nitrogen and oxygen atoms in total. The van der Waals surface area contributed by atoms with Crippen LogP contribution in [0.5, 0.6) is 5.75 Å². The Hall–Kier alpha value is -3.83. The third-order valence-corrected chi connectivity index (χ3v) is 7.63. The van der Waals surface area contributed by atoms with E-state index in [1.165, 1.54) is 18.2 Å². The number of hydrogen-bond donors (Lipinski definition) is 0. The molecular weight excluding hydrogens is 547 g/mol. The number of rotatable bonds is 7. The fraction of sp³-hybridized carbons (Fsp3) is 0.600. The molecule has 230 valence electrons. The van der Waals surface area contributed by atoms with Gasteiger partial charge in [-0.25, -0.2) is 14.0 Å². The summed E-state index contributed by atoms with van der Waals surface area (Å²) in [5.74, 6) is -1.85. The van der Waals surface area contributed by atoms with E-state index in [0.29, 0.717) is 25.2 Å². The number of hydrogen-bond acceptors (Lipinski definition) is 8. The Labute approximate surface area is 245 Å². The van der Waals surface area contributed by atoms with Crippen LogP contribution in [0.3, 0.4) is 0 Å². The molecule has 2 aromatic rings. The van der Waals surface area contributed by atoms with Crippen molar-refractivity contribution in [2.75, 3.05) is 45.3 Å². The number of aromatic nitrogens is 1. The average molecular weight is 589 g/mol. The molecule has 0 bridgehead atoms. The summed E-state index contributed by atoms with van der Waals surface area (Å²) in [4.78, 5) is 56.4. The predicted molar refractivity (Wildman–Crippen MR) is 156 cm³/mol. The van der Waals surface area contributed by atoms with Crippen LogP contribution in [0.25, 0.3) is 10.9 Å². The summed E-state index contributed by atoms with van der Waals surface area (Å²) in [6.45, 7) is 11.4. The number of carbonyl (C=O) groups excluding carboxylic acids is 3. The number of carbonyl (C=O) groups is 3. The number of esters is 1. The molecule has 1 saturated carbocycles. The van der Waals surface area contributed by atoms with Gasteiger partial charge >= 0.3 is 12.1 Å². The van der Waals surface area contributed by atoms with Gasteiger partial charge in [0, 0.05) is 51.0 Å². The quantitative estimate of drug-likeness (QED) is 0.447. The highest BCUT2D eigenvalue weighted by Crippen LogP contribution is 2.44. The molecule has 1 aromatic carbocycles. The first-order chi connectivity index (χ1) is 19.6. The maximum absolute atomic E-state index is 15.9. The first kappa shape index (κ1) is 31.1. The van der Waals surface area contributed by atoms with Crippen LogP contribution in [0.15, 0.2) is 17.1 Å². The van der Waals surface area contributed by atoms with E-state index in [9.17, 15) is 19.2 Å². The molecule has 1 atom stereocenters. The van der Waals surface area contributed by atoms with Crippen LogP contribution < -0.4 is 15.1 Å². The van der Waals surface area contributed by atoms with Crippen molar-refractivity contribution in [3.05, 3.63) is 33.9 Å². The number of likely N-dealkylation sites (N-methyl/N-ethyl adjacent to an activating group) is 1. The number of halogens is 1. The molecular formula is C30H41FN4O7. The summed E-state index contributed by atoms with van der Waals surface area (Å²) in [7, 11) is 3.01. The van der Waals surface area contributed by atoms with Crippen LogP contribution in [0, 0.1) is 5.82 Å². The third kappa shape index (κ3) is 6.32. The number of ether oxygens (including phenoxy) is 3. The van der Waals surface area contributed by atoms with Crippen molar-refractivity contribution < 1.29 is 33.0 Å². The van der Waals surface area contributed by atoms with E-state index in [4.69, 9.17) is 14.2 Å². The number of methoxy groups -OCH3 is 1. The molecule has 2 heterocycles. The van der Waals surface area contributed by atoms with Crippen molar-refractivity contribution in [2.24, 2.45) is 0 Å². The minimum absolute atomic E-state index is 0.0106. The standard InChI is InChI=1S/C30H41FN4O7/c1-17(2)32(7)23(36)16-41-28(38)21-15-35(19-9-10-19)24-20(26(21)37)13-22(31)25(27(24)40-8)33-11-12-34(18(3)14-33)29(39)42-30(4,5)6/h13,15,17-19H,9-12,14,16H2,1-8H3. The fourth-order valence-corrected chi connectivity index (χ4v) is 5.06. The van der Waals surface area contributed by atoms with Gasteiger partial charge in [0.15, 0.2) is 18.2 Å². The normalized spacial score (nSPS) is 17.4. The van der Waals surface area contributed by atoms with E-state index in [1.807, 2.05) is 20.8 Å². The topological polar surface area (TPSA) is 111 Å². The van der Waals surface area contributed by atoms with Crippen molar-refractivity contribution in [2.45, 2.75) is 78.1 Å². The van der Waals surface area contributed by atoms with Crippen molar-refractivity contribution in [1.82, 2.24) is 14.4 Å². The Balaban J connectivity index is 1.70. The van der Waals surface area contributed by atoms with Crippen molar-refractivity contribution in [3.8, 4) is 5.75 Å². The summed E-state index contributed by atoms with van der Waals surface area (Å²) >= 11 is 0. The lowest BCUT2D eigenvalue weighted by Crippen LogP contribution is -2.55. The Morgan fingerprint density at radius 1 is 1.17 bits per heavy atom. The van der Waals surface area contributed by atoms with Crippen LogP contribution in [0.1, 0.15) is 70.8 Å². The van der Waals surface area contributed by atoms with Gasteiger partial charge in [0.1, 0.15) is 16.9 Å². The second kappa shape index (κ2) is 11.8. The Kier molecular flexibility index (Phi) is 8.75. The zero-order valence-corrected chi connectivity index (χ0v) is 25.7. The average Bonchev–Trinajstić information content (AvgIpc) is 3.75. The van der Waals surface area contributed by atoms with Gasteiger partial charge in [0.2, 0.25) is 5.43 Å². The molecule has 4 rings (SSSR count). The first-order valence-electron chi connectivity index (χ1n) is 14.3. The van der Waals surface area contributed by atoms with Gasteiger partial charge in [-0.1, -0.05) is 0 Å². The molecule has 1 aliphatic heterocycles. The first-order valence-corrected chi connectivity index (χ1v) is 14.3. The zero-order chi connectivity index (χ0) is 31.1. The highest BCUT2D eigenvalue weighted by atomic mass is 19.1. The molecule has 1 aromatic heterocycles. The molecule has 2 fully saturated rings. The number of nitrogens with zero attached hydrogens (tertiary/aromatic N) is 4. The minimum Gasteiger partial charge on any atom is -0.492 e. The molecule has 12 heteroatoms. The summed E-state index contributed by atoms with van der Waals surface area (Å²) in [5.41, 5.74) is -1.05. The van der Waals surface area contributed by atoms with Gasteiger partial charge < -0.3 is 33.5 Å². The van der Waals surface area contributed by atoms with E-state index >= 15 is 4.39 Å². The smallest absolute Gasteiger partial charge is 0.410 e. The molecule has 0 N–H and O–H groups in total. The largest absolute Gasteiger partial charge is 0.492 e.